The summed E-state index contributed by atoms with van der Waals surface area (Å²) >= 11 is 2.59. The molecule has 1 aromatic carbocycles. The summed E-state index contributed by atoms with van der Waals surface area (Å²) in [5, 5.41) is 16.6. The fraction of sp³-hybridized carbons (Fsp3) is 0.133. The van der Waals surface area contributed by atoms with Gasteiger partial charge >= 0.3 is 0 Å². The molecule has 128 valence electrons. The lowest BCUT2D eigenvalue weighted by atomic mass is 10.1. The van der Waals surface area contributed by atoms with Crippen LogP contribution in [0.3, 0.4) is 0 Å². The van der Waals surface area contributed by atoms with Crippen molar-refractivity contribution in [2.45, 2.75) is 12.1 Å². The summed E-state index contributed by atoms with van der Waals surface area (Å²) in [5.41, 5.74) is 4.67. The van der Waals surface area contributed by atoms with Crippen molar-refractivity contribution < 1.29 is 4.79 Å². The Labute approximate surface area is 152 Å². The molecule has 0 aliphatic rings. The molecular formula is C15H15N7OS2. The molecule has 2 heterocycles. The summed E-state index contributed by atoms with van der Waals surface area (Å²) in [5.74, 6) is 0.457. The van der Waals surface area contributed by atoms with Gasteiger partial charge in [0.25, 0.3) is 0 Å². The Balaban J connectivity index is 1.49. The second kappa shape index (κ2) is 8.40. The largest absolute Gasteiger partial charge is 0.301 e. The predicted molar refractivity (Wildman–Crippen MR) is 100 cm³/mol. The number of rotatable bonds is 7. The molecule has 8 nitrogen and oxygen atoms in total. The van der Waals surface area contributed by atoms with E-state index in [0.29, 0.717) is 16.2 Å². The van der Waals surface area contributed by atoms with Gasteiger partial charge in [-0.1, -0.05) is 42.1 Å². The molecule has 0 bridgehead atoms. The maximum absolute atomic E-state index is 11.8. The zero-order chi connectivity index (χ0) is 17.5. The molecule has 0 saturated heterocycles. The summed E-state index contributed by atoms with van der Waals surface area (Å²) < 4.78 is 0. The van der Waals surface area contributed by atoms with E-state index in [2.05, 4.69) is 36.0 Å². The van der Waals surface area contributed by atoms with Crippen molar-refractivity contribution in [3.8, 4) is 0 Å². The van der Waals surface area contributed by atoms with Crippen molar-refractivity contribution in [1.82, 2.24) is 20.2 Å². The maximum Gasteiger partial charge on any atom is 0.240 e. The number of nitrogens with zero attached hydrogens (tertiary/aromatic N) is 4. The number of hydrogen-bond acceptors (Lipinski definition) is 8. The average Bonchev–Trinajstić information content (AvgIpc) is 3.30. The highest BCUT2D eigenvalue weighted by Crippen LogP contribution is 2.16. The molecule has 2 aromatic heterocycles. The van der Waals surface area contributed by atoms with Crippen LogP contribution >= 0.6 is 23.1 Å². The third-order valence-corrected chi connectivity index (χ3v) is 4.53. The summed E-state index contributed by atoms with van der Waals surface area (Å²) in [7, 11) is 0. The number of nitrogens with one attached hydrogen (secondary N) is 3. The molecule has 0 fully saturated rings. The number of thiazole rings is 1. The van der Waals surface area contributed by atoms with Gasteiger partial charge in [-0.05, 0) is 12.5 Å². The van der Waals surface area contributed by atoms with Crippen molar-refractivity contribution in [3.63, 3.8) is 0 Å². The normalized spacial score (nSPS) is 11.3. The van der Waals surface area contributed by atoms with Crippen LogP contribution in [-0.4, -0.2) is 37.5 Å². The third kappa shape index (κ3) is 5.13. The zero-order valence-electron chi connectivity index (χ0n) is 13.3. The van der Waals surface area contributed by atoms with Crippen LogP contribution in [0.2, 0.25) is 0 Å². The minimum absolute atomic E-state index is 0.155. The van der Waals surface area contributed by atoms with E-state index in [-0.39, 0.29) is 11.7 Å². The number of carbonyl (C=O) groups excluding carboxylic acids is 1. The van der Waals surface area contributed by atoms with E-state index in [1.54, 1.807) is 11.6 Å². The van der Waals surface area contributed by atoms with Gasteiger partial charge in [0.2, 0.25) is 17.0 Å². The Hall–Kier alpha value is -2.72. The molecule has 3 N–H and O–H groups in total. The van der Waals surface area contributed by atoms with Crippen molar-refractivity contribution in [1.29, 1.82) is 0 Å². The lowest BCUT2D eigenvalue weighted by Gasteiger charge is -2.00. The van der Waals surface area contributed by atoms with Gasteiger partial charge in [-0.25, -0.2) is 15.5 Å². The standard InChI is InChI=1S/C15H15N7OS2/c1-10(11-5-3-2-4-6-11)19-20-13-18-15(22-21-13)25-9-12(23)17-14-16-7-8-24-14/h2-8H,9H2,1H3,(H,16,17,23)(H2,18,20,21,22)/b19-10+. The minimum Gasteiger partial charge on any atom is -0.301 e. The molecule has 3 rings (SSSR count). The Morgan fingerprint density at radius 1 is 1.36 bits per heavy atom. The number of carbonyl (C=O) groups is 1. The summed E-state index contributed by atoms with van der Waals surface area (Å²) in [6, 6.07) is 9.81. The monoisotopic (exact) mass is 373 g/mol. The second-order valence-corrected chi connectivity index (χ2v) is 6.65. The number of aromatic amines is 1. The van der Waals surface area contributed by atoms with Crippen molar-refractivity contribution >= 4 is 45.8 Å². The lowest BCUT2D eigenvalue weighted by Crippen LogP contribution is -2.13. The SMILES string of the molecule is C/C(=N\Nc1nc(SCC(=O)Nc2nccs2)n[nH]1)c1ccccc1. The van der Waals surface area contributed by atoms with Gasteiger partial charge in [-0.3, -0.25) is 4.79 Å². The van der Waals surface area contributed by atoms with Gasteiger partial charge in [0, 0.05) is 11.6 Å². The molecule has 3 aromatic rings. The molecule has 0 radical (unpaired) electrons. The fourth-order valence-electron chi connectivity index (χ4n) is 1.81. The topological polar surface area (TPSA) is 108 Å². The number of benzene rings is 1. The second-order valence-electron chi connectivity index (χ2n) is 4.82. The quantitative estimate of drug-likeness (QED) is 0.334. The average molecular weight is 373 g/mol. The Morgan fingerprint density at radius 3 is 2.96 bits per heavy atom. The number of aromatic nitrogens is 4. The number of anilines is 2. The van der Waals surface area contributed by atoms with Crippen LogP contribution in [0.15, 0.2) is 52.2 Å². The summed E-state index contributed by atoms with van der Waals surface area (Å²) in [6.07, 6.45) is 1.64. The van der Waals surface area contributed by atoms with Crippen LogP contribution in [0.1, 0.15) is 12.5 Å². The number of hydrazone groups is 1. The maximum atomic E-state index is 11.8. The first-order valence-corrected chi connectivity index (χ1v) is 9.17. The Kier molecular flexibility index (Phi) is 5.75. The molecule has 25 heavy (non-hydrogen) atoms. The smallest absolute Gasteiger partial charge is 0.240 e. The Bertz CT molecular complexity index is 846. The van der Waals surface area contributed by atoms with Crippen LogP contribution in [0.25, 0.3) is 0 Å². The van der Waals surface area contributed by atoms with Gasteiger partial charge in [0.05, 0.1) is 11.5 Å². The first kappa shape index (κ1) is 17.1. The molecule has 0 aliphatic carbocycles. The molecule has 0 unspecified atom stereocenters. The molecule has 0 aliphatic heterocycles. The van der Waals surface area contributed by atoms with Gasteiger partial charge in [0.1, 0.15) is 0 Å². The van der Waals surface area contributed by atoms with Gasteiger partial charge < -0.3 is 5.32 Å². The molecule has 10 heteroatoms. The molecule has 0 spiro atoms. The van der Waals surface area contributed by atoms with Crippen LogP contribution in [0.5, 0.6) is 0 Å². The van der Waals surface area contributed by atoms with Gasteiger partial charge in [0.15, 0.2) is 5.13 Å². The molecule has 0 atom stereocenters. The highest BCUT2D eigenvalue weighted by molar-refractivity contribution is 7.99. The lowest BCUT2D eigenvalue weighted by molar-refractivity contribution is -0.113. The van der Waals surface area contributed by atoms with Crippen LogP contribution < -0.4 is 10.7 Å². The predicted octanol–water partition coefficient (Wildman–Crippen LogP) is 2.83. The highest BCUT2D eigenvalue weighted by Gasteiger charge is 2.09. The molecular weight excluding hydrogens is 358 g/mol. The highest BCUT2D eigenvalue weighted by atomic mass is 32.2. The van der Waals surface area contributed by atoms with Crippen molar-refractivity contribution in [2.75, 3.05) is 16.5 Å². The van der Waals surface area contributed by atoms with Crippen LogP contribution in [0.4, 0.5) is 11.1 Å². The summed E-state index contributed by atoms with van der Waals surface area (Å²) in [4.78, 5) is 20.0. The third-order valence-electron chi connectivity index (χ3n) is 3.00. The first-order valence-electron chi connectivity index (χ1n) is 7.31. The molecule has 0 saturated carbocycles. The first-order chi connectivity index (χ1) is 12.2. The van der Waals surface area contributed by atoms with E-state index in [0.717, 1.165) is 11.3 Å². The van der Waals surface area contributed by atoms with E-state index in [9.17, 15) is 4.79 Å². The van der Waals surface area contributed by atoms with E-state index < -0.39 is 0 Å². The van der Waals surface area contributed by atoms with Crippen LogP contribution in [0, 0.1) is 0 Å². The fourth-order valence-corrected chi connectivity index (χ4v) is 2.96. The van der Waals surface area contributed by atoms with Crippen LogP contribution in [-0.2, 0) is 4.79 Å². The zero-order valence-corrected chi connectivity index (χ0v) is 14.9. The number of H-pyrrole nitrogens is 1. The van der Waals surface area contributed by atoms with Crippen molar-refractivity contribution in [2.24, 2.45) is 5.10 Å². The van der Waals surface area contributed by atoms with Crippen molar-refractivity contribution in [3.05, 3.63) is 47.5 Å². The number of amides is 1. The van der Waals surface area contributed by atoms with Gasteiger partial charge in [-0.15, -0.1) is 16.4 Å². The van der Waals surface area contributed by atoms with E-state index in [1.165, 1.54) is 23.1 Å². The molecule has 1 amide bonds. The number of thioether (sulfide) groups is 1. The summed E-state index contributed by atoms with van der Waals surface area (Å²) in [6.45, 7) is 1.90. The number of hydrogen-bond donors (Lipinski definition) is 3. The van der Waals surface area contributed by atoms with E-state index in [4.69, 9.17) is 0 Å². The van der Waals surface area contributed by atoms with Gasteiger partial charge in [-0.2, -0.15) is 10.1 Å². The van der Waals surface area contributed by atoms with E-state index >= 15 is 0 Å². The minimum atomic E-state index is -0.155. The van der Waals surface area contributed by atoms with E-state index in [1.807, 2.05) is 37.3 Å². The Morgan fingerprint density at radius 2 is 2.20 bits per heavy atom.